The predicted molar refractivity (Wildman–Crippen MR) is 78.5 cm³/mol. The lowest BCUT2D eigenvalue weighted by atomic mass is 9.64. The van der Waals surface area contributed by atoms with E-state index in [2.05, 4.69) is 0 Å². The van der Waals surface area contributed by atoms with Gasteiger partial charge in [-0.3, -0.25) is 0 Å². The smallest absolute Gasteiger partial charge is 0.251 e. The molecule has 120 valence electrons. The van der Waals surface area contributed by atoms with Gasteiger partial charge in [-0.25, -0.2) is 13.2 Å². The highest BCUT2D eigenvalue weighted by Gasteiger charge is 2.57. The van der Waals surface area contributed by atoms with Crippen LogP contribution in [-0.4, -0.2) is 17.1 Å². The Balaban J connectivity index is 1.90. The van der Waals surface area contributed by atoms with Gasteiger partial charge in [0.25, 0.3) is 5.92 Å². The van der Waals surface area contributed by atoms with Crippen molar-refractivity contribution in [3.63, 3.8) is 0 Å². The van der Waals surface area contributed by atoms with Crippen LogP contribution in [0.25, 0.3) is 0 Å². The molecule has 2 aromatic carbocycles. The summed E-state index contributed by atoms with van der Waals surface area (Å²) in [5.74, 6) is -2.79. The molecule has 0 saturated heterocycles. The second kappa shape index (κ2) is 4.66. The van der Waals surface area contributed by atoms with Gasteiger partial charge in [-0.05, 0) is 30.2 Å². The number of hydrogen-bond acceptors (Lipinski definition) is 2. The van der Waals surface area contributed by atoms with E-state index in [1.165, 1.54) is 24.3 Å². The Bertz CT molecular complexity index is 757. The Morgan fingerprint density at radius 1 is 1.04 bits per heavy atom. The minimum absolute atomic E-state index is 0.112. The van der Waals surface area contributed by atoms with E-state index in [0.717, 1.165) is 11.1 Å². The molecule has 2 nitrogen and oxygen atoms in total. The van der Waals surface area contributed by atoms with Gasteiger partial charge in [-0.1, -0.05) is 18.2 Å². The first-order chi connectivity index (χ1) is 10.9. The van der Waals surface area contributed by atoms with Crippen molar-refractivity contribution in [1.82, 2.24) is 0 Å². The van der Waals surface area contributed by atoms with Crippen LogP contribution in [0.4, 0.5) is 13.2 Å². The van der Waals surface area contributed by atoms with E-state index < -0.39 is 29.7 Å². The van der Waals surface area contributed by atoms with Gasteiger partial charge in [-0.15, -0.1) is 0 Å². The van der Waals surface area contributed by atoms with Crippen LogP contribution in [0.3, 0.4) is 0 Å². The zero-order valence-corrected chi connectivity index (χ0v) is 12.2. The van der Waals surface area contributed by atoms with E-state index in [1.807, 2.05) is 0 Å². The summed E-state index contributed by atoms with van der Waals surface area (Å²) in [5, 5.41) is 9.51. The second-order valence-electron chi connectivity index (χ2n) is 6.33. The fourth-order valence-corrected chi connectivity index (χ4v) is 3.90. The van der Waals surface area contributed by atoms with Crippen molar-refractivity contribution in [3.05, 3.63) is 59.4 Å². The lowest BCUT2D eigenvalue weighted by Crippen LogP contribution is -2.48. The average Bonchev–Trinajstić information content (AvgIpc) is 2.80. The zero-order chi connectivity index (χ0) is 16.2. The molecule has 4 rings (SSSR count). The highest BCUT2D eigenvalue weighted by molar-refractivity contribution is 5.54. The summed E-state index contributed by atoms with van der Waals surface area (Å²) in [6.45, 7) is 0. The standard InChI is InChI=1S/C18H15F3O2/c19-12-3-6-14-15(9-12)23-16-10-17(20,21)7-8-18(14,16)11-1-4-13(22)5-2-11/h1-6,9,16,22H,7-8,10H2. The van der Waals surface area contributed by atoms with Crippen LogP contribution in [0.5, 0.6) is 11.5 Å². The maximum atomic E-state index is 13.9. The molecule has 1 heterocycles. The predicted octanol–water partition coefficient (Wildman–Crippen LogP) is 4.40. The number of halogens is 3. The number of alkyl halides is 2. The van der Waals surface area contributed by atoms with E-state index in [1.54, 1.807) is 18.2 Å². The summed E-state index contributed by atoms with van der Waals surface area (Å²) in [4.78, 5) is 0. The van der Waals surface area contributed by atoms with Gasteiger partial charge in [0.2, 0.25) is 0 Å². The summed E-state index contributed by atoms with van der Waals surface area (Å²) < 4.78 is 47.0. The number of benzene rings is 2. The summed E-state index contributed by atoms with van der Waals surface area (Å²) in [6, 6.07) is 10.8. The molecule has 2 aliphatic rings. The lowest BCUT2D eigenvalue weighted by Gasteiger charge is -2.41. The third kappa shape index (κ3) is 2.10. The van der Waals surface area contributed by atoms with Gasteiger partial charge in [0.15, 0.2) is 0 Å². The van der Waals surface area contributed by atoms with Gasteiger partial charge in [0.1, 0.15) is 23.4 Å². The van der Waals surface area contributed by atoms with E-state index in [-0.39, 0.29) is 18.6 Å². The van der Waals surface area contributed by atoms with Gasteiger partial charge in [0, 0.05) is 24.5 Å². The van der Waals surface area contributed by atoms with Crippen LogP contribution >= 0.6 is 0 Å². The van der Waals surface area contributed by atoms with E-state index >= 15 is 0 Å². The average molecular weight is 320 g/mol. The first-order valence-corrected chi connectivity index (χ1v) is 7.55. The highest BCUT2D eigenvalue weighted by atomic mass is 19.3. The summed E-state index contributed by atoms with van der Waals surface area (Å²) in [5.41, 5.74) is 0.824. The van der Waals surface area contributed by atoms with Crippen LogP contribution in [0, 0.1) is 5.82 Å². The summed E-state index contributed by atoms with van der Waals surface area (Å²) in [7, 11) is 0. The second-order valence-corrected chi connectivity index (χ2v) is 6.33. The molecule has 5 heteroatoms. The fraction of sp³-hybridized carbons (Fsp3) is 0.333. The molecule has 2 atom stereocenters. The molecule has 1 fully saturated rings. The van der Waals surface area contributed by atoms with Crippen LogP contribution in [0.2, 0.25) is 0 Å². The van der Waals surface area contributed by atoms with Crippen molar-refractivity contribution in [2.24, 2.45) is 0 Å². The monoisotopic (exact) mass is 320 g/mol. The van der Waals surface area contributed by atoms with Crippen LogP contribution < -0.4 is 4.74 Å². The number of hydrogen-bond donors (Lipinski definition) is 1. The molecule has 0 radical (unpaired) electrons. The van der Waals surface area contributed by atoms with E-state index in [9.17, 15) is 18.3 Å². The number of phenolic OH excluding ortho intramolecular Hbond substituents is 1. The largest absolute Gasteiger partial charge is 0.508 e. The van der Waals surface area contributed by atoms with Crippen molar-refractivity contribution in [2.75, 3.05) is 0 Å². The maximum absolute atomic E-state index is 13.9. The van der Waals surface area contributed by atoms with Crippen LogP contribution in [0.15, 0.2) is 42.5 Å². The normalized spacial score (nSPS) is 27.9. The van der Waals surface area contributed by atoms with Gasteiger partial charge < -0.3 is 9.84 Å². The Hall–Kier alpha value is -2.17. The zero-order valence-electron chi connectivity index (χ0n) is 12.2. The summed E-state index contributed by atoms with van der Waals surface area (Å²) in [6.07, 6.45) is -1.17. The van der Waals surface area contributed by atoms with E-state index in [4.69, 9.17) is 4.74 Å². The minimum atomic E-state index is -2.79. The van der Waals surface area contributed by atoms with Crippen LogP contribution in [-0.2, 0) is 5.41 Å². The van der Waals surface area contributed by atoms with Crippen molar-refractivity contribution < 1.29 is 23.0 Å². The molecule has 1 aliphatic heterocycles. The van der Waals surface area contributed by atoms with Crippen molar-refractivity contribution in [2.45, 2.75) is 36.7 Å². The molecule has 1 saturated carbocycles. The summed E-state index contributed by atoms with van der Waals surface area (Å²) >= 11 is 0. The molecule has 0 bridgehead atoms. The van der Waals surface area contributed by atoms with E-state index in [0.29, 0.717) is 5.75 Å². The number of aromatic hydroxyl groups is 1. The molecular weight excluding hydrogens is 305 g/mol. The van der Waals surface area contributed by atoms with Crippen molar-refractivity contribution in [3.8, 4) is 11.5 Å². The number of rotatable bonds is 1. The molecule has 2 unspecified atom stereocenters. The Morgan fingerprint density at radius 3 is 2.52 bits per heavy atom. The van der Waals surface area contributed by atoms with Gasteiger partial charge >= 0.3 is 0 Å². The molecular formula is C18H15F3O2. The molecule has 0 spiro atoms. The third-order valence-electron chi connectivity index (χ3n) is 4.99. The molecule has 1 N–H and O–H groups in total. The van der Waals surface area contributed by atoms with Crippen molar-refractivity contribution in [1.29, 1.82) is 0 Å². The maximum Gasteiger partial charge on any atom is 0.251 e. The number of fused-ring (bicyclic) bond motifs is 3. The molecule has 2 aromatic rings. The number of ether oxygens (including phenoxy) is 1. The molecule has 0 aromatic heterocycles. The highest BCUT2D eigenvalue weighted by Crippen LogP contribution is 2.56. The minimum Gasteiger partial charge on any atom is -0.508 e. The first-order valence-electron chi connectivity index (χ1n) is 7.55. The van der Waals surface area contributed by atoms with Gasteiger partial charge in [0.05, 0.1) is 5.41 Å². The quantitative estimate of drug-likeness (QED) is 0.844. The topological polar surface area (TPSA) is 29.5 Å². The first kappa shape index (κ1) is 14.4. The Labute approximate surface area is 131 Å². The molecule has 0 amide bonds. The fourth-order valence-electron chi connectivity index (χ4n) is 3.90. The van der Waals surface area contributed by atoms with Crippen molar-refractivity contribution >= 4 is 0 Å². The number of phenols is 1. The Morgan fingerprint density at radius 2 is 1.78 bits per heavy atom. The van der Waals surface area contributed by atoms with Crippen LogP contribution in [0.1, 0.15) is 30.4 Å². The lowest BCUT2D eigenvalue weighted by molar-refractivity contribution is -0.0829. The molecule has 1 aliphatic carbocycles. The molecule has 23 heavy (non-hydrogen) atoms. The SMILES string of the molecule is Oc1ccc(C23CCC(F)(F)CC2Oc2cc(F)ccc23)cc1. The van der Waals surface area contributed by atoms with Gasteiger partial charge in [-0.2, -0.15) is 0 Å². The Kier molecular flexibility index (Phi) is 2.92. The third-order valence-corrected chi connectivity index (χ3v) is 4.99.